The van der Waals surface area contributed by atoms with Gasteiger partial charge in [-0.05, 0) is 72.4 Å². The maximum atomic E-state index is 12.6. The third-order valence-corrected chi connectivity index (χ3v) is 6.50. The molecule has 2 aromatic carbocycles. The van der Waals surface area contributed by atoms with Crippen LogP contribution in [-0.2, 0) is 4.79 Å². The van der Waals surface area contributed by atoms with Crippen molar-refractivity contribution in [1.29, 1.82) is 0 Å². The molecule has 0 saturated heterocycles. The molecule has 0 bridgehead atoms. The van der Waals surface area contributed by atoms with E-state index in [1.807, 2.05) is 25.4 Å². The number of nitrogens with one attached hydrogen (secondary N) is 2. The van der Waals surface area contributed by atoms with Crippen LogP contribution in [0.15, 0.2) is 60.9 Å². The van der Waals surface area contributed by atoms with Gasteiger partial charge >= 0.3 is 0 Å². The molecule has 28 heavy (non-hydrogen) atoms. The molecule has 1 aliphatic rings. The molecule has 0 spiro atoms. The summed E-state index contributed by atoms with van der Waals surface area (Å²) in [5.41, 5.74) is 3.38. The number of fused-ring (bicyclic) bond motifs is 2. The molecule has 0 unspecified atom stereocenters. The summed E-state index contributed by atoms with van der Waals surface area (Å²) in [5, 5.41) is 13.5. The maximum Gasteiger partial charge on any atom is 0.136 e. The van der Waals surface area contributed by atoms with Gasteiger partial charge in [0.1, 0.15) is 5.78 Å². The zero-order valence-corrected chi connectivity index (χ0v) is 16.1. The topological polar surface area (TPSA) is 68.9 Å². The summed E-state index contributed by atoms with van der Waals surface area (Å²) in [6.45, 7) is 3.42. The Labute approximate surface area is 163 Å². The molecule has 5 rings (SSSR count). The number of hydrogen-bond acceptors (Lipinski definition) is 2. The van der Waals surface area contributed by atoms with E-state index in [2.05, 4.69) is 52.4 Å². The summed E-state index contributed by atoms with van der Waals surface area (Å²) in [4.78, 5) is 19.2. The van der Waals surface area contributed by atoms with Crippen molar-refractivity contribution >= 4 is 27.6 Å². The lowest BCUT2D eigenvalue weighted by molar-refractivity contribution is -0.127. The third-order valence-electron chi connectivity index (χ3n) is 6.50. The van der Waals surface area contributed by atoms with Gasteiger partial charge in [0, 0.05) is 29.3 Å². The number of carbonyl (C=O) groups excluding carboxylic acids is 1. The zero-order chi connectivity index (χ0) is 19.5. The highest BCUT2D eigenvalue weighted by atomic mass is 16.3. The molecule has 2 heterocycles. The van der Waals surface area contributed by atoms with Crippen LogP contribution < -0.4 is 0 Å². The number of carbonyl (C=O) groups is 1. The lowest BCUT2D eigenvalue weighted by Crippen LogP contribution is -2.36. The third kappa shape index (κ3) is 2.60. The number of rotatable bonds is 3. The van der Waals surface area contributed by atoms with Crippen molar-refractivity contribution in [2.75, 3.05) is 0 Å². The van der Waals surface area contributed by atoms with E-state index < -0.39 is 11.5 Å². The van der Waals surface area contributed by atoms with Crippen LogP contribution in [0.1, 0.15) is 43.2 Å². The smallest absolute Gasteiger partial charge is 0.136 e. The summed E-state index contributed by atoms with van der Waals surface area (Å²) in [6, 6.07) is 16.9. The van der Waals surface area contributed by atoms with E-state index in [4.69, 9.17) is 0 Å². The highest BCUT2D eigenvalue weighted by Crippen LogP contribution is 2.55. The largest absolute Gasteiger partial charge is 0.389 e. The minimum Gasteiger partial charge on any atom is -0.389 e. The van der Waals surface area contributed by atoms with E-state index in [1.54, 1.807) is 6.92 Å². The van der Waals surface area contributed by atoms with Crippen LogP contribution in [0.4, 0.5) is 0 Å². The number of aromatic nitrogens is 2. The van der Waals surface area contributed by atoms with Gasteiger partial charge in [0.15, 0.2) is 0 Å². The SMILES string of the molecule is CC(=O)[C@H]1[C@H](c2ccc3cc[nH]c3c2)[C@@H](c2ccc3cc[nH]c3c2)C[C@@]1(C)O. The molecule has 3 N–H and O–H groups in total. The van der Waals surface area contributed by atoms with E-state index in [1.165, 1.54) is 5.39 Å². The predicted octanol–water partition coefficient (Wildman–Crippen LogP) is 4.88. The van der Waals surface area contributed by atoms with Crippen LogP contribution in [0.2, 0.25) is 0 Å². The van der Waals surface area contributed by atoms with Gasteiger partial charge in [0.05, 0.1) is 11.5 Å². The Kier molecular flexibility index (Phi) is 3.75. The predicted molar refractivity (Wildman–Crippen MR) is 111 cm³/mol. The molecule has 4 heteroatoms. The molecule has 0 radical (unpaired) electrons. The second-order valence-electron chi connectivity index (χ2n) is 8.43. The number of aromatic amines is 2. The molecule has 4 nitrogen and oxygen atoms in total. The number of ketones is 1. The van der Waals surface area contributed by atoms with Gasteiger partial charge < -0.3 is 15.1 Å². The van der Waals surface area contributed by atoms with Crippen molar-refractivity contribution in [3.63, 3.8) is 0 Å². The average Bonchev–Trinajstić information content (AvgIpc) is 3.36. The molecule has 1 aliphatic carbocycles. The molecule has 1 fully saturated rings. The summed E-state index contributed by atoms with van der Waals surface area (Å²) in [7, 11) is 0. The fraction of sp³-hybridized carbons (Fsp3) is 0.292. The van der Waals surface area contributed by atoms with Gasteiger partial charge in [-0.15, -0.1) is 0 Å². The van der Waals surface area contributed by atoms with E-state index in [0.29, 0.717) is 6.42 Å². The van der Waals surface area contributed by atoms with Gasteiger partial charge in [-0.25, -0.2) is 0 Å². The molecule has 0 aliphatic heterocycles. The first-order chi connectivity index (χ1) is 13.4. The van der Waals surface area contributed by atoms with Gasteiger partial charge in [0.2, 0.25) is 0 Å². The second-order valence-corrected chi connectivity index (χ2v) is 8.43. The van der Waals surface area contributed by atoms with Crippen LogP contribution >= 0.6 is 0 Å². The van der Waals surface area contributed by atoms with E-state index in [-0.39, 0.29) is 17.6 Å². The number of aliphatic hydroxyl groups is 1. The van der Waals surface area contributed by atoms with Crippen molar-refractivity contribution in [1.82, 2.24) is 9.97 Å². The van der Waals surface area contributed by atoms with E-state index in [9.17, 15) is 9.90 Å². The van der Waals surface area contributed by atoms with E-state index in [0.717, 1.165) is 27.5 Å². The molecule has 142 valence electrons. The molecule has 2 aromatic heterocycles. The van der Waals surface area contributed by atoms with Crippen LogP contribution in [0.25, 0.3) is 21.8 Å². The molecule has 1 saturated carbocycles. The molecule has 4 atom stereocenters. The van der Waals surface area contributed by atoms with Crippen molar-refractivity contribution in [2.45, 2.75) is 37.7 Å². The van der Waals surface area contributed by atoms with Crippen LogP contribution in [0, 0.1) is 5.92 Å². The minimum absolute atomic E-state index is 0.0463. The first kappa shape index (κ1) is 17.3. The zero-order valence-electron chi connectivity index (χ0n) is 16.1. The lowest BCUT2D eigenvalue weighted by Gasteiger charge is -2.28. The summed E-state index contributed by atoms with van der Waals surface area (Å²) in [6.07, 6.45) is 4.43. The average molecular weight is 372 g/mol. The maximum absolute atomic E-state index is 12.6. The van der Waals surface area contributed by atoms with Crippen molar-refractivity contribution in [3.05, 3.63) is 72.1 Å². The minimum atomic E-state index is -1.03. The summed E-state index contributed by atoms with van der Waals surface area (Å²) < 4.78 is 0. The Morgan fingerprint density at radius 3 is 2.14 bits per heavy atom. The standard InChI is InChI=1S/C24H24N2O2/c1-14(27)23-22(18-6-4-16-8-10-26-21(16)12-18)19(13-24(23,2)28)17-5-3-15-7-9-25-20(15)11-17/h3-12,19,22-23,25-26,28H,13H2,1-2H3/t19-,22-,23+,24-/m1/s1. The Morgan fingerprint density at radius 1 is 0.964 bits per heavy atom. The highest BCUT2D eigenvalue weighted by molar-refractivity contribution is 5.84. The van der Waals surface area contributed by atoms with Gasteiger partial charge in [-0.1, -0.05) is 24.3 Å². The fourth-order valence-electron chi connectivity index (χ4n) is 5.33. The number of hydrogen-bond donors (Lipinski definition) is 3. The number of benzene rings is 2. The van der Waals surface area contributed by atoms with Crippen LogP contribution in [0.3, 0.4) is 0 Å². The number of Topliss-reactive ketones (excluding diaryl/α,β-unsaturated/α-hetero) is 1. The summed E-state index contributed by atoms with van der Waals surface area (Å²) >= 11 is 0. The Balaban J connectivity index is 1.67. The first-order valence-corrected chi connectivity index (χ1v) is 9.81. The first-order valence-electron chi connectivity index (χ1n) is 9.81. The Hall–Kier alpha value is -2.85. The quantitative estimate of drug-likeness (QED) is 0.480. The van der Waals surface area contributed by atoms with Crippen molar-refractivity contribution < 1.29 is 9.90 Å². The van der Waals surface area contributed by atoms with Gasteiger partial charge in [0.25, 0.3) is 0 Å². The van der Waals surface area contributed by atoms with Crippen molar-refractivity contribution in [3.8, 4) is 0 Å². The lowest BCUT2D eigenvalue weighted by atomic mass is 9.77. The van der Waals surface area contributed by atoms with Gasteiger partial charge in [-0.2, -0.15) is 0 Å². The normalized spacial score (nSPS) is 27.6. The molecular formula is C24H24N2O2. The number of H-pyrrole nitrogens is 2. The van der Waals surface area contributed by atoms with Gasteiger partial charge in [-0.3, -0.25) is 4.79 Å². The second kappa shape index (κ2) is 6.08. The summed E-state index contributed by atoms with van der Waals surface area (Å²) in [5.74, 6) is -0.370. The van der Waals surface area contributed by atoms with E-state index >= 15 is 0 Å². The molecule has 4 aromatic rings. The molecule has 0 amide bonds. The Morgan fingerprint density at radius 2 is 1.54 bits per heavy atom. The van der Waals surface area contributed by atoms with Crippen molar-refractivity contribution in [2.24, 2.45) is 5.92 Å². The van der Waals surface area contributed by atoms with Crippen LogP contribution in [0.5, 0.6) is 0 Å². The highest BCUT2D eigenvalue weighted by Gasteiger charge is 2.53. The monoisotopic (exact) mass is 372 g/mol. The Bertz CT molecular complexity index is 1180. The fourth-order valence-corrected chi connectivity index (χ4v) is 5.33. The molecular weight excluding hydrogens is 348 g/mol. The van der Waals surface area contributed by atoms with Crippen LogP contribution in [-0.4, -0.2) is 26.5 Å².